The number of aromatic nitrogens is 3. The van der Waals surface area contributed by atoms with Crippen molar-refractivity contribution < 1.29 is 0 Å². The molecule has 0 saturated heterocycles. The molecule has 0 spiro atoms. The van der Waals surface area contributed by atoms with Crippen molar-refractivity contribution in [3.8, 4) is 0 Å². The molecule has 1 aliphatic rings. The summed E-state index contributed by atoms with van der Waals surface area (Å²) in [6, 6.07) is 8.94. The Labute approximate surface area is 120 Å². The van der Waals surface area contributed by atoms with Crippen LogP contribution in [0.15, 0.2) is 24.3 Å². The average Bonchev–Trinajstić information content (AvgIpc) is 3.09. The van der Waals surface area contributed by atoms with Gasteiger partial charge in [0.15, 0.2) is 0 Å². The number of hydrogen-bond acceptors (Lipinski definition) is 3. The van der Waals surface area contributed by atoms with E-state index in [-0.39, 0.29) is 0 Å². The van der Waals surface area contributed by atoms with Crippen molar-refractivity contribution in [3.63, 3.8) is 0 Å². The molecule has 4 nitrogen and oxygen atoms in total. The Hall–Kier alpha value is -1.68. The lowest BCUT2D eigenvalue weighted by atomic mass is 10.0. The number of rotatable bonds is 4. The highest BCUT2D eigenvalue weighted by atomic mass is 15.3. The smallest absolute Gasteiger partial charge is 0.137 e. The van der Waals surface area contributed by atoms with Gasteiger partial charge in [0.25, 0.3) is 0 Å². The largest absolute Gasteiger partial charge is 0.326 e. The summed E-state index contributed by atoms with van der Waals surface area (Å²) < 4.78 is 2.35. The molecule has 106 valence electrons. The van der Waals surface area contributed by atoms with E-state index in [2.05, 4.69) is 39.9 Å². The second-order valence-corrected chi connectivity index (χ2v) is 5.62. The first kappa shape index (κ1) is 13.3. The van der Waals surface area contributed by atoms with Crippen LogP contribution in [0.2, 0.25) is 0 Å². The number of nitrogens with zero attached hydrogens (tertiary/aromatic N) is 3. The van der Waals surface area contributed by atoms with Gasteiger partial charge in [0.1, 0.15) is 11.6 Å². The Morgan fingerprint density at radius 1 is 1.15 bits per heavy atom. The molecule has 0 amide bonds. The Morgan fingerprint density at radius 3 is 2.55 bits per heavy atom. The minimum Gasteiger partial charge on any atom is -0.326 e. The minimum absolute atomic E-state index is 0.576. The second kappa shape index (κ2) is 5.75. The molecule has 2 aromatic rings. The van der Waals surface area contributed by atoms with E-state index < -0.39 is 0 Å². The van der Waals surface area contributed by atoms with Gasteiger partial charge in [-0.3, -0.25) is 0 Å². The highest BCUT2D eigenvalue weighted by molar-refractivity contribution is 5.29. The Morgan fingerprint density at radius 2 is 1.85 bits per heavy atom. The fraction of sp³-hybridized carbons (Fsp3) is 0.500. The molecule has 1 fully saturated rings. The van der Waals surface area contributed by atoms with Crippen LogP contribution >= 0.6 is 0 Å². The maximum atomic E-state index is 5.83. The number of benzene rings is 1. The molecule has 1 aromatic heterocycles. The Bertz CT molecular complexity index is 582. The molecule has 0 atom stereocenters. The van der Waals surface area contributed by atoms with E-state index in [1.165, 1.54) is 36.8 Å². The van der Waals surface area contributed by atoms with Gasteiger partial charge in [-0.25, -0.2) is 0 Å². The maximum absolute atomic E-state index is 5.83. The normalized spacial score (nSPS) is 15.9. The van der Waals surface area contributed by atoms with Gasteiger partial charge in [0, 0.05) is 19.0 Å². The van der Waals surface area contributed by atoms with Crippen LogP contribution < -0.4 is 5.73 Å². The lowest BCUT2D eigenvalue weighted by Crippen LogP contribution is -2.12. The van der Waals surface area contributed by atoms with Gasteiger partial charge in [-0.2, -0.15) is 0 Å². The first-order valence-corrected chi connectivity index (χ1v) is 7.47. The average molecular weight is 270 g/mol. The fourth-order valence-corrected chi connectivity index (χ4v) is 3.27. The summed E-state index contributed by atoms with van der Waals surface area (Å²) in [6.45, 7) is 2.64. The van der Waals surface area contributed by atoms with E-state index >= 15 is 0 Å². The van der Waals surface area contributed by atoms with Crippen molar-refractivity contribution in [2.45, 2.75) is 51.6 Å². The summed E-state index contributed by atoms with van der Waals surface area (Å²) in [5.74, 6) is 2.12. The van der Waals surface area contributed by atoms with E-state index in [4.69, 9.17) is 5.73 Å². The van der Waals surface area contributed by atoms with Crippen molar-refractivity contribution in [2.75, 3.05) is 0 Å². The zero-order chi connectivity index (χ0) is 13.9. The van der Waals surface area contributed by atoms with Gasteiger partial charge >= 0.3 is 0 Å². The molecule has 4 heteroatoms. The van der Waals surface area contributed by atoms with Crippen LogP contribution in [0, 0.1) is 6.92 Å². The van der Waals surface area contributed by atoms with Gasteiger partial charge in [-0.05, 0) is 30.9 Å². The Balaban J connectivity index is 1.91. The summed E-state index contributed by atoms with van der Waals surface area (Å²) in [5, 5.41) is 8.70. The zero-order valence-corrected chi connectivity index (χ0v) is 12.0. The predicted molar refractivity (Wildman–Crippen MR) is 79.4 cm³/mol. The van der Waals surface area contributed by atoms with Crippen molar-refractivity contribution in [3.05, 3.63) is 47.0 Å². The van der Waals surface area contributed by atoms with E-state index in [9.17, 15) is 0 Å². The van der Waals surface area contributed by atoms with Gasteiger partial charge in [0.2, 0.25) is 0 Å². The highest BCUT2D eigenvalue weighted by Crippen LogP contribution is 2.31. The van der Waals surface area contributed by atoms with Gasteiger partial charge < -0.3 is 10.3 Å². The molecule has 0 unspecified atom stereocenters. The summed E-state index contributed by atoms with van der Waals surface area (Å²) in [6.07, 6.45) is 5.97. The lowest BCUT2D eigenvalue weighted by Gasteiger charge is -2.16. The molecule has 2 N–H and O–H groups in total. The van der Waals surface area contributed by atoms with Crippen molar-refractivity contribution >= 4 is 0 Å². The molecule has 1 heterocycles. The first-order chi connectivity index (χ1) is 9.79. The van der Waals surface area contributed by atoms with Crippen LogP contribution in [0.4, 0.5) is 0 Å². The topological polar surface area (TPSA) is 56.7 Å². The third kappa shape index (κ3) is 2.48. The second-order valence-electron chi connectivity index (χ2n) is 5.62. The molecular weight excluding hydrogens is 248 g/mol. The monoisotopic (exact) mass is 270 g/mol. The van der Waals surface area contributed by atoms with Gasteiger partial charge in [-0.15, -0.1) is 10.2 Å². The highest BCUT2D eigenvalue weighted by Gasteiger charge is 2.22. The molecule has 20 heavy (non-hydrogen) atoms. The quantitative estimate of drug-likeness (QED) is 0.929. The number of hydrogen-bond donors (Lipinski definition) is 1. The molecule has 0 radical (unpaired) electrons. The summed E-state index contributed by atoms with van der Waals surface area (Å²) in [7, 11) is 0. The third-order valence-electron chi connectivity index (χ3n) is 4.31. The van der Waals surface area contributed by atoms with Crippen LogP contribution in [-0.4, -0.2) is 14.8 Å². The van der Waals surface area contributed by atoms with Crippen LogP contribution in [0.3, 0.4) is 0 Å². The van der Waals surface area contributed by atoms with Crippen molar-refractivity contribution in [1.82, 2.24) is 14.8 Å². The van der Waals surface area contributed by atoms with E-state index in [0.717, 1.165) is 18.1 Å². The summed E-state index contributed by atoms with van der Waals surface area (Å²) in [5.41, 5.74) is 8.29. The number of aryl methyl sites for hydroxylation is 1. The molecule has 1 aliphatic carbocycles. The number of nitrogens with two attached hydrogens (primary N) is 1. The van der Waals surface area contributed by atoms with Crippen LogP contribution in [0.5, 0.6) is 0 Å². The summed E-state index contributed by atoms with van der Waals surface area (Å²) in [4.78, 5) is 0. The molecule has 3 rings (SSSR count). The predicted octanol–water partition coefficient (Wildman–Crippen LogP) is 2.75. The van der Waals surface area contributed by atoms with Crippen LogP contribution in [-0.2, 0) is 13.0 Å². The van der Waals surface area contributed by atoms with Crippen molar-refractivity contribution in [2.24, 2.45) is 5.73 Å². The van der Waals surface area contributed by atoms with Gasteiger partial charge in [0.05, 0.1) is 0 Å². The molecular formula is C16H22N4. The summed E-state index contributed by atoms with van der Waals surface area (Å²) >= 11 is 0. The molecule has 0 bridgehead atoms. The molecule has 1 saturated carbocycles. The van der Waals surface area contributed by atoms with E-state index in [1.807, 2.05) is 6.07 Å². The van der Waals surface area contributed by atoms with E-state index in [1.54, 1.807) is 0 Å². The van der Waals surface area contributed by atoms with Gasteiger partial charge in [-0.1, -0.05) is 37.1 Å². The first-order valence-electron chi connectivity index (χ1n) is 7.47. The maximum Gasteiger partial charge on any atom is 0.137 e. The fourth-order valence-electron chi connectivity index (χ4n) is 3.27. The SMILES string of the molecule is Cc1nnc(Cc2ccccc2CN)n1C1CCCC1. The minimum atomic E-state index is 0.576. The van der Waals surface area contributed by atoms with Crippen LogP contribution in [0.1, 0.15) is 54.5 Å². The lowest BCUT2D eigenvalue weighted by molar-refractivity contribution is 0.489. The third-order valence-corrected chi connectivity index (χ3v) is 4.31. The van der Waals surface area contributed by atoms with E-state index in [0.29, 0.717) is 12.6 Å². The molecule has 1 aromatic carbocycles. The zero-order valence-electron chi connectivity index (χ0n) is 12.0. The van der Waals surface area contributed by atoms with Crippen LogP contribution in [0.25, 0.3) is 0 Å². The Kier molecular flexibility index (Phi) is 3.83. The molecule has 0 aliphatic heterocycles. The van der Waals surface area contributed by atoms with Crippen molar-refractivity contribution in [1.29, 1.82) is 0 Å². The standard InChI is InChI=1S/C16H22N4/c1-12-18-19-16(20(12)15-8-4-5-9-15)10-13-6-2-3-7-14(13)11-17/h2-3,6-7,15H,4-5,8-11,17H2,1H3.